The Labute approximate surface area is 129 Å². The van der Waals surface area contributed by atoms with Gasteiger partial charge in [-0.15, -0.1) is 0 Å². The van der Waals surface area contributed by atoms with E-state index in [0.717, 1.165) is 0 Å². The van der Waals surface area contributed by atoms with Gasteiger partial charge in [0.25, 0.3) is 0 Å². The Hall–Kier alpha value is -1.87. The number of rotatable bonds is 7. The second-order valence-corrected chi connectivity index (χ2v) is 5.06. The zero-order valence-corrected chi connectivity index (χ0v) is 12.5. The molecular weight excluding hydrogens is 319 g/mol. The van der Waals surface area contributed by atoms with Crippen molar-refractivity contribution in [3.8, 4) is 5.75 Å². The molecule has 1 aromatic carbocycles. The quantitative estimate of drug-likeness (QED) is 0.841. The molecule has 1 aromatic heterocycles. The van der Waals surface area contributed by atoms with Crippen molar-refractivity contribution >= 4 is 22.4 Å². The number of halogens is 3. The summed E-state index contributed by atoms with van der Waals surface area (Å²) in [4.78, 5) is 4.27. The number of hydrogen-bond donors (Lipinski definition) is 1. The van der Waals surface area contributed by atoms with Crippen molar-refractivity contribution in [3.63, 3.8) is 0 Å². The van der Waals surface area contributed by atoms with E-state index in [1.165, 1.54) is 23.7 Å². The maximum Gasteiger partial charge on any atom is 0.422 e. The molecule has 0 fully saturated rings. The molecule has 2 aromatic rings. The standard InChI is InChI=1S/C13H14F3N3O2S/c1-20-7-6-11-18-12(22-19-11)17-9-2-4-10(5-3-9)21-8-13(14,15)16/h2-5H,6-8H2,1H3,(H,17,18,19). The fourth-order valence-corrected chi connectivity index (χ4v) is 2.16. The number of methoxy groups -OCH3 is 1. The van der Waals surface area contributed by atoms with Crippen molar-refractivity contribution < 1.29 is 22.6 Å². The van der Waals surface area contributed by atoms with E-state index in [4.69, 9.17) is 4.74 Å². The summed E-state index contributed by atoms with van der Waals surface area (Å²) >= 11 is 1.20. The fourth-order valence-electron chi connectivity index (χ4n) is 1.52. The number of alkyl halides is 3. The number of aromatic nitrogens is 2. The molecule has 0 aliphatic rings. The van der Waals surface area contributed by atoms with Gasteiger partial charge in [-0.1, -0.05) is 0 Å². The topological polar surface area (TPSA) is 56.3 Å². The molecule has 22 heavy (non-hydrogen) atoms. The average Bonchev–Trinajstić information content (AvgIpc) is 2.91. The van der Waals surface area contributed by atoms with Gasteiger partial charge >= 0.3 is 6.18 Å². The van der Waals surface area contributed by atoms with Crippen molar-refractivity contribution in [3.05, 3.63) is 30.1 Å². The van der Waals surface area contributed by atoms with E-state index >= 15 is 0 Å². The highest BCUT2D eigenvalue weighted by atomic mass is 32.1. The van der Waals surface area contributed by atoms with Crippen LogP contribution in [-0.2, 0) is 11.2 Å². The summed E-state index contributed by atoms with van der Waals surface area (Å²) in [6.45, 7) is -0.763. The number of nitrogens with zero attached hydrogens (tertiary/aromatic N) is 2. The molecule has 0 radical (unpaired) electrons. The van der Waals surface area contributed by atoms with Crippen LogP contribution in [0.3, 0.4) is 0 Å². The van der Waals surface area contributed by atoms with Gasteiger partial charge in [0, 0.05) is 30.8 Å². The molecule has 9 heteroatoms. The van der Waals surface area contributed by atoms with Crippen LogP contribution in [0.4, 0.5) is 24.0 Å². The molecule has 0 saturated heterocycles. The minimum Gasteiger partial charge on any atom is -0.484 e. The third-order valence-electron chi connectivity index (χ3n) is 2.51. The van der Waals surface area contributed by atoms with Crippen molar-refractivity contribution in [2.24, 2.45) is 0 Å². The summed E-state index contributed by atoms with van der Waals surface area (Å²) in [5.74, 6) is 0.834. The summed E-state index contributed by atoms with van der Waals surface area (Å²) in [5, 5.41) is 3.63. The van der Waals surface area contributed by atoms with Gasteiger partial charge in [0.05, 0.1) is 6.61 Å². The number of nitrogens with one attached hydrogen (secondary N) is 1. The second kappa shape index (κ2) is 7.41. The zero-order chi connectivity index (χ0) is 16.0. The molecule has 0 bridgehead atoms. The molecule has 2 rings (SSSR count). The van der Waals surface area contributed by atoms with Crippen LogP contribution in [-0.4, -0.2) is 35.9 Å². The van der Waals surface area contributed by atoms with Gasteiger partial charge in [-0.3, -0.25) is 0 Å². The maximum atomic E-state index is 12.0. The maximum absolute atomic E-state index is 12.0. The van der Waals surface area contributed by atoms with E-state index in [-0.39, 0.29) is 5.75 Å². The molecule has 0 spiro atoms. The average molecular weight is 333 g/mol. The summed E-state index contributed by atoms with van der Waals surface area (Å²) in [7, 11) is 1.61. The molecule has 0 aliphatic heterocycles. The molecule has 0 amide bonds. The van der Waals surface area contributed by atoms with Crippen molar-refractivity contribution in [2.75, 3.05) is 25.6 Å². The number of hydrogen-bond acceptors (Lipinski definition) is 6. The smallest absolute Gasteiger partial charge is 0.422 e. The predicted octanol–water partition coefficient (Wildman–Crippen LogP) is 3.41. The molecule has 120 valence electrons. The van der Waals surface area contributed by atoms with E-state index in [9.17, 15) is 13.2 Å². The lowest BCUT2D eigenvalue weighted by atomic mass is 10.3. The largest absolute Gasteiger partial charge is 0.484 e. The van der Waals surface area contributed by atoms with Gasteiger partial charge in [-0.2, -0.15) is 17.5 Å². The highest BCUT2D eigenvalue weighted by Crippen LogP contribution is 2.23. The van der Waals surface area contributed by atoms with Crippen molar-refractivity contribution in [1.82, 2.24) is 9.36 Å². The first-order valence-corrected chi connectivity index (χ1v) is 7.12. The molecular formula is C13H14F3N3O2S. The Kier molecular flexibility index (Phi) is 5.56. The Morgan fingerprint density at radius 2 is 1.95 bits per heavy atom. The second-order valence-electron chi connectivity index (χ2n) is 4.31. The van der Waals surface area contributed by atoms with Gasteiger partial charge in [0.15, 0.2) is 6.61 Å². The number of anilines is 2. The van der Waals surface area contributed by atoms with E-state index in [2.05, 4.69) is 19.4 Å². The highest BCUT2D eigenvalue weighted by molar-refractivity contribution is 7.09. The van der Waals surface area contributed by atoms with E-state index in [1.54, 1.807) is 19.2 Å². The third kappa shape index (κ3) is 5.49. The van der Waals surface area contributed by atoms with Gasteiger partial charge < -0.3 is 14.8 Å². The van der Waals surface area contributed by atoms with Crippen LogP contribution in [0.5, 0.6) is 5.75 Å². The molecule has 0 aliphatic carbocycles. The number of ether oxygens (including phenoxy) is 2. The molecule has 0 unspecified atom stereocenters. The molecule has 0 saturated carbocycles. The lowest BCUT2D eigenvalue weighted by Gasteiger charge is -2.09. The van der Waals surface area contributed by atoms with Gasteiger partial charge in [0.2, 0.25) is 5.13 Å². The van der Waals surface area contributed by atoms with Crippen molar-refractivity contribution in [1.29, 1.82) is 0 Å². The molecule has 5 nitrogen and oxygen atoms in total. The SMILES string of the molecule is COCCc1nsc(Nc2ccc(OCC(F)(F)F)cc2)n1. The van der Waals surface area contributed by atoms with E-state index in [1.807, 2.05) is 0 Å². The van der Waals surface area contributed by atoms with Crippen LogP contribution in [0, 0.1) is 0 Å². The first-order chi connectivity index (χ1) is 10.5. The van der Waals surface area contributed by atoms with Gasteiger partial charge in [-0.05, 0) is 24.3 Å². The lowest BCUT2D eigenvalue weighted by molar-refractivity contribution is -0.153. The monoisotopic (exact) mass is 333 g/mol. The van der Waals surface area contributed by atoms with Crippen LogP contribution in [0.1, 0.15) is 5.82 Å². The third-order valence-corrected chi connectivity index (χ3v) is 3.17. The normalized spacial score (nSPS) is 11.5. The van der Waals surface area contributed by atoms with E-state index < -0.39 is 12.8 Å². The van der Waals surface area contributed by atoms with Crippen LogP contribution in [0.2, 0.25) is 0 Å². The van der Waals surface area contributed by atoms with Crippen LogP contribution < -0.4 is 10.1 Å². The highest BCUT2D eigenvalue weighted by Gasteiger charge is 2.28. The minimum atomic E-state index is -4.35. The Morgan fingerprint density at radius 1 is 1.23 bits per heavy atom. The van der Waals surface area contributed by atoms with Gasteiger partial charge in [0.1, 0.15) is 11.6 Å². The molecule has 1 N–H and O–H groups in total. The van der Waals surface area contributed by atoms with Crippen LogP contribution in [0.25, 0.3) is 0 Å². The first-order valence-electron chi connectivity index (χ1n) is 6.34. The number of benzene rings is 1. The fraction of sp³-hybridized carbons (Fsp3) is 0.385. The van der Waals surface area contributed by atoms with Crippen LogP contribution >= 0.6 is 11.5 Å². The zero-order valence-electron chi connectivity index (χ0n) is 11.7. The lowest BCUT2D eigenvalue weighted by Crippen LogP contribution is -2.19. The summed E-state index contributed by atoms with van der Waals surface area (Å²) in [5.41, 5.74) is 0.689. The van der Waals surface area contributed by atoms with Crippen LogP contribution in [0.15, 0.2) is 24.3 Å². The first kappa shape index (κ1) is 16.5. The minimum absolute atomic E-state index is 0.154. The summed E-state index contributed by atoms with van der Waals surface area (Å²) in [6.07, 6.45) is -3.72. The summed E-state index contributed by atoms with van der Waals surface area (Å²) < 4.78 is 49.9. The van der Waals surface area contributed by atoms with E-state index in [0.29, 0.717) is 29.7 Å². The van der Waals surface area contributed by atoms with Crippen molar-refractivity contribution in [2.45, 2.75) is 12.6 Å². The Balaban J connectivity index is 1.89. The van der Waals surface area contributed by atoms with Gasteiger partial charge in [-0.25, -0.2) is 4.98 Å². The Bertz CT molecular complexity index is 587. The molecule has 1 heterocycles. The predicted molar refractivity (Wildman–Crippen MR) is 76.8 cm³/mol. The summed E-state index contributed by atoms with van der Waals surface area (Å²) in [6, 6.07) is 6.14. The molecule has 0 atom stereocenters. The Morgan fingerprint density at radius 3 is 2.59 bits per heavy atom.